The summed E-state index contributed by atoms with van der Waals surface area (Å²) in [7, 11) is 1.33. The van der Waals surface area contributed by atoms with Gasteiger partial charge in [-0.15, -0.1) is 0 Å². The third kappa shape index (κ3) is 3.81. The second kappa shape index (κ2) is 8.80. The minimum Gasteiger partial charge on any atom is -0.464 e. The molecular weight excluding hydrogens is 454 g/mol. The first-order valence-corrected chi connectivity index (χ1v) is 11.8. The molecule has 33 heavy (non-hydrogen) atoms. The maximum atomic E-state index is 13.8. The van der Waals surface area contributed by atoms with Crippen molar-refractivity contribution < 1.29 is 14.3 Å². The number of hydrazone groups is 1. The number of anilines is 2. The van der Waals surface area contributed by atoms with E-state index in [1.807, 2.05) is 97.1 Å². The largest absolute Gasteiger partial charge is 0.464 e. The number of para-hydroxylation sites is 2. The minimum atomic E-state index is -1.07. The van der Waals surface area contributed by atoms with E-state index in [0.717, 1.165) is 11.3 Å². The lowest BCUT2D eigenvalue weighted by Crippen LogP contribution is -2.51. The Morgan fingerprint density at radius 2 is 1.45 bits per heavy atom. The van der Waals surface area contributed by atoms with Crippen molar-refractivity contribution in [2.45, 2.75) is 4.33 Å². The van der Waals surface area contributed by atoms with Crippen molar-refractivity contribution in [3.05, 3.63) is 101 Å². The number of carbonyl (C=O) groups excluding carboxylic acids is 2. The molecule has 0 aromatic heterocycles. The van der Waals surface area contributed by atoms with Crippen molar-refractivity contribution in [2.24, 2.45) is 5.10 Å². The minimum absolute atomic E-state index is 0.162. The highest BCUT2D eigenvalue weighted by molar-refractivity contribution is 8.29. The van der Waals surface area contributed by atoms with Crippen molar-refractivity contribution in [1.29, 1.82) is 0 Å². The summed E-state index contributed by atoms with van der Waals surface area (Å²) in [4.78, 5) is 28.6. The normalized spacial score (nSPS) is 21.1. The SMILES string of the molecule is COC(=O)C1=NN(c2ccccc2)[C@]2(S1)S/C(=C\c1ccccc1)C(=O)N2c1ccccc1. The highest BCUT2D eigenvalue weighted by atomic mass is 32.2. The van der Waals surface area contributed by atoms with Crippen LogP contribution < -0.4 is 9.91 Å². The quantitative estimate of drug-likeness (QED) is 0.385. The molecule has 2 heterocycles. The zero-order chi connectivity index (χ0) is 22.8. The molecule has 0 aliphatic carbocycles. The monoisotopic (exact) mass is 473 g/mol. The Morgan fingerprint density at radius 1 is 0.879 bits per heavy atom. The van der Waals surface area contributed by atoms with Crippen molar-refractivity contribution in [1.82, 2.24) is 0 Å². The fourth-order valence-corrected chi connectivity index (χ4v) is 6.53. The lowest BCUT2D eigenvalue weighted by Gasteiger charge is -2.38. The fourth-order valence-electron chi connectivity index (χ4n) is 3.63. The number of nitrogens with zero attached hydrogens (tertiary/aromatic N) is 3. The van der Waals surface area contributed by atoms with Gasteiger partial charge in [-0.05, 0) is 47.7 Å². The van der Waals surface area contributed by atoms with E-state index in [-0.39, 0.29) is 11.0 Å². The summed E-state index contributed by atoms with van der Waals surface area (Å²) in [6.07, 6.45) is 1.87. The molecule has 3 aromatic rings. The van der Waals surface area contributed by atoms with Gasteiger partial charge in [-0.1, -0.05) is 78.5 Å². The first-order valence-electron chi connectivity index (χ1n) is 10.2. The number of hydrogen-bond donors (Lipinski definition) is 0. The van der Waals surface area contributed by atoms with Gasteiger partial charge < -0.3 is 4.74 Å². The van der Waals surface area contributed by atoms with Crippen LogP contribution in [0.1, 0.15) is 5.56 Å². The van der Waals surface area contributed by atoms with E-state index < -0.39 is 10.3 Å². The van der Waals surface area contributed by atoms with Gasteiger partial charge in [0.15, 0.2) is 0 Å². The summed E-state index contributed by atoms with van der Waals surface area (Å²) < 4.78 is 3.90. The summed E-state index contributed by atoms with van der Waals surface area (Å²) in [5.74, 6) is -0.704. The zero-order valence-corrected chi connectivity index (χ0v) is 19.3. The molecule has 1 spiro atoms. The molecule has 1 fully saturated rings. The van der Waals surface area contributed by atoms with Gasteiger partial charge in [0, 0.05) is 5.69 Å². The van der Waals surface area contributed by atoms with Crippen LogP contribution in [0, 0.1) is 0 Å². The third-order valence-corrected chi connectivity index (χ3v) is 7.80. The molecule has 0 saturated carbocycles. The fraction of sp³-hybridized carbons (Fsp3) is 0.0800. The molecule has 164 valence electrons. The molecule has 0 radical (unpaired) electrons. The van der Waals surface area contributed by atoms with E-state index in [1.165, 1.54) is 30.6 Å². The van der Waals surface area contributed by atoms with E-state index in [4.69, 9.17) is 4.74 Å². The van der Waals surface area contributed by atoms with Crippen molar-refractivity contribution >= 4 is 57.9 Å². The average molecular weight is 474 g/mol. The van der Waals surface area contributed by atoms with Gasteiger partial charge in [0.2, 0.25) is 9.37 Å². The van der Waals surface area contributed by atoms with E-state index in [0.29, 0.717) is 10.6 Å². The number of esters is 1. The van der Waals surface area contributed by atoms with Crippen LogP contribution >= 0.6 is 23.5 Å². The van der Waals surface area contributed by atoms with Crippen LogP contribution in [0.4, 0.5) is 11.4 Å². The zero-order valence-electron chi connectivity index (χ0n) is 17.6. The number of rotatable bonds is 4. The maximum Gasteiger partial charge on any atom is 0.365 e. The predicted octanol–water partition coefficient (Wildman–Crippen LogP) is 5.16. The Labute approximate surface area is 199 Å². The van der Waals surface area contributed by atoms with Gasteiger partial charge >= 0.3 is 5.97 Å². The summed E-state index contributed by atoms with van der Waals surface area (Å²) in [5.41, 5.74) is 2.38. The molecule has 3 aromatic carbocycles. The first kappa shape index (κ1) is 21.4. The molecular formula is C25H19N3O3S2. The lowest BCUT2D eigenvalue weighted by atomic mass is 10.2. The van der Waals surface area contributed by atoms with Crippen molar-refractivity contribution in [3.8, 4) is 0 Å². The van der Waals surface area contributed by atoms with E-state index in [9.17, 15) is 9.59 Å². The van der Waals surface area contributed by atoms with Gasteiger partial charge in [0.25, 0.3) is 5.91 Å². The molecule has 1 atom stereocenters. The Balaban J connectivity index is 1.68. The second-order valence-electron chi connectivity index (χ2n) is 7.19. The highest BCUT2D eigenvalue weighted by Crippen LogP contribution is 2.59. The Morgan fingerprint density at radius 3 is 2.06 bits per heavy atom. The van der Waals surface area contributed by atoms with E-state index >= 15 is 0 Å². The topological polar surface area (TPSA) is 62.2 Å². The van der Waals surface area contributed by atoms with Gasteiger partial charge in [0.1, 0.15) is 0 Å². The first-order chi connectivity index (χ1) is 16.1. The van der Waals surface area contributed by atoms with Crippen LogP contribution in [0.5, 0.6) is 0 Å². The number of hydrogen-bond acceptors (Lipinski definition) is 7. The highest BCUT2D eigenvalue weighted by Gasteiger charge is 2.60. The number of carbonyl (C=O) groups is 2. The molecule has 2 aliphatic rings. The number of benzene rings is 3. The van der Waals surface area contributed by atoms with Crippen LogP contribution in [-0.4, -0.2) is 28.4 Å². The standard InChI is InChI=1S/C25H19N3O3S2/c1-31-24(30)22-26-28(20-15-9-4-10-16-20)25(33-22)27(19-13-7-3-8-14-19)23(29)21(32-25)17-18-11-5-2-6-12-18/h2-17H,1H3/b21-17-/t25-/m0/s1. The smallest absolute Gasteiger partial charge is 0.365 e. The van der Waals surface area contributed by atoms with Crippen LogP contribution in [0.3, 0.4) is 0 Å². The summed E-state index contributed by atoms with van der Waals surface area (Å²) in [6, 6.07) is 28.6. The molecule has 5 rings (SSSR count). The number of ether oxygens (including phenoxy) is 1. The maximum absolute atomic E-state index is 13.8. The van der Waals surface area contributed by atoms with Crippen LogP contribution in [0.2, 0.25) is 0 Å². The molecule has 0 unspecified atom stereocenters. The van der Waals surface area contributed by atoms with Crippen LogP contribution in [0.15, 0.2) is 101 Å². The second-order valence-corrected chi connectivity index (χ2v) is 9.82. The molecule has 1 amide bonds. The number of amides is 1. The lowest BCUT2D eigenvalue weighted by molar-refractivity contribution is -0.132. The Bertz CT molecular complexity index is 1250. The van der Waals surface area contributed by atoms with Crippen molar-refractivity contribution in [2.75, 3.05) is 17.0 Å². The van der Waals surface area contributed by atoms with Crippen molar-refractivity contribution in [3.63, 3.8) is 0 Å². The van der Waals surface area contributed by atoms with Gasteiger partial charge in [-0.3, -0.25) is 9.69 Å². The Kier molecular flexibility index (Phi) is 5.70. The molecule has 8 heteroatoms. The molecule has 2 aliphatic heterocycles. The average Bonchev–Trinajstić information content (AvgIpc) is 3.37. The summed E-state index contributed by atoms with van der Waals surface area (Å²) in [5, 5.41) is 6.52. The van der Waals surface area contributed by atoms with Crippen LogP contribution in [-0.2, 0) is 14.3 Å². The number of thioether (sulfide) groups is 2. The van der Waals surface area contributed by atoms with E-state index in [2.05, 4.69) is 5.10 Å². The van der Waals surface area contributed by atoms with Crippen LogP contribution in [0.25, 0.3) is 6.08 Å². The molecule has 0 bridgehead atoms. The number of methoxy groups -OCH3 is 1. The summed E-state index contributed by atoms with van der Waals surface area (Å²) in [6.45, 7) is 0. The third-order valence-electron chi connectivity index (χ3n) is 5.10. The predicted molar refractivity (Wildman–Crippen MR) is 135 cm³/mol. The molecule has 0 N–H and O–H groups in total. The molecule has 1 saturated heterocycles. The molecule has 6 nitrogen and oxygen atoms in total. The summed E-state index contributed by atoms with van der Waals surface area (Å²) >= 11 is 2.57. The van der Waals surface area contributed by atoms with Gasteiger partial charge in [-0.2, -0.15) is 5.10 Å². The van der Waals surface area contributed by atoms with E-state index in [1.54, 1.807) is 9.91 Å². The Hall–Kier alpha value is -3.49. The van der Waals surface area contributed by atoms with Gasteiger partial charge in [-0.25, -0.2) is 9.80 Å². The van der Waals surface area contributed by atoms with Gasteiger partial charge in [0.05, 0.1) is 17.7 Å².